The highest BCUT2D eigenvalue weighted by molar-refractivity contribution is 6.46. The molecule has 1 fully saturated rings. The molecule has 0 bridgehead atoms. The van der Waals surface area contributed by atoms with E-state index in [1.165, 1.54) is 0 Å². The molecule has 1 saturated heterocycles. The standard InChI is InChI=1S/C24H27N3O4/c1-3-4-7-12-27-21(17-8-5-6-11-25-17)20(23(29)24(27)30)22(28)16-9-10-19-18(15-16)26(2)13-14-31-19/h5-6,8-11,15,21,28H,3-4,7,12-14H2,1-2H3/b22-20-. The Balaban J connectivity index is 1.80. The van der Waals surface area contributed by atoms with Crippen molar-refractivity contribution in [2.75, 3.05) is 31.6 Å². The van der Waals surface area contributed by atoms with Crippen LogP contribution in [0.4, 0.5) is 5.69 Å². The number of anilines is 1. The van der Waals surface area contributed by atoms with E-state index in [1.54, 1.807) is 41.4 Å². The van der Waals surface area contributed by atoms with E-state index in [0.717, 1.165) is 37.2 Å². The molecule has 4 rings (SSSR count). The second-order valence-electron chi connectivity index (χ2n) is 7.91. The molecule has 1 aromatic carbocycles. The van der Waals surface area contributed by atoms with Gasteiger partial charge in [0.1, 0.15) is 24.2 Å². The van der Waals surface area contributed by atoms with Gasteiger partial charge in [0.05, 0.1) is 23.5 Å². The number of ketones is 1. The zero-order valence-corrected chi connectivity index (χ0v) is 17.9. The fourth-order valence-electron chi connectivity index (χ4n) is 4.14. The number of likely N-dealkylation sites (tertiary alicyclic amines) is 1. The van der Waals surface area contributed by atoms with Crippen molar-refractivity contribution in [2.24, 2.45) is 0 Å². The van der Waals surface area contributed by atoms with Crippen molar-refractivity contribution in [3.05, 3.63) is 59.4 Å². The summed E-state index contributed by atoms with van der Waals surface area (Å²) in [6.07, 6.45) is 4.37. The summed E-state index contributed by atoms with van der Waals surface area (Å²) in [4.78, 5) is 33.9. The van der Waals surface area contributed by atoms with Gasteiger partial charge in [-0.1, -0.05) is 25.8 Å². The smallest absolute Gasteiger partial charge is 0.295 e. The first-order chi connectivity index (χ1) is 15.0. The molecule has 0 spiro atoms. The molecular weight excluding hydrogens is 394 g/mol. The van der Waals surface area contributed by atoms with Gasteiger partial charge in [0.2, 0.25) is 0 Å². The summed E-state index contributed by atoms with van der Waals surface area (Å²) in [7, 11) is 1.95. The van der Waals surface area contributed by atoms with Crippen LogP contribution in [0.2, 0.25) is 0 Å². The number of aliphatic hydroxyl groups excluding tert-OH is 1. The lowest BCUT2D eigenvalue weighted by Crippen LogP contribution is -2.31. The predicted octanol–water partition coefficient (Wildman–Crippen LogP) is 3.52. The number of rotatable bonds is 6. The van der Waals surface area contributed by atoms with E-state index in [1.807, 2.05) is 18.0 Å². The second kappa shape index (κ2) is 8.79. The zero-order chi connectivity index (χ0) is 22.0. The Morgan fingerprint density at radius 1 is 1.23 bits per heavy atom. The Labute approximate surface area is 182 Å². The lowest BCUT2D eigenvalue weighted by Gasteiger charge is -2.28. The number of fused-ring (bicyclic) bond motifs is 1. The molecule has 1 atom stereocenters. The lowest BCUT2D eigenvalue weighted by atomic mass is 9.97. The largest absolute Gasteiger partial charge is 0.507 e. The van der Waals surface area contributed by atoms with E-state index >= 15 is 0 Å². The number of likely N-dealkylation sites (N-methyl/N-ethyl adjacent to an activating group) is 1. The van der Waals surface area contributed by atoms with Crippen LogP contribution >= 0.6 is 0 Å². The Kier molecular flexibility index (Phi) is 5.93. The van der Waals surface area contributed by atoms with Crippen molar-refractivity contribution < 1.29 is 19.4 Å². The highest BCUT2D eigenvalue weighted by atomic mass is 16.5. The Hall–Kier alpha value is -3.35. The van der Waals surface area contributed by atoms with Crippen LogP contribution in [0.25, 0.3) is 5.76 Å². The van der Waals surface area contributed by atoms with Gasteiger partial charge in [-0.3, -0.25) is 14.6 Å². The molecule has 0 radical (unpaired) electrons. The molecule has 2 aromatic rings. The molecule has 1 unspecified atom stereocenters. The van der Waals surface area contributed by atoms with E-state index in [0.29, 0.717) is 24.4 Å². The number of hydrogen-bond donors (Lipinski definition) is 1. The maximum atomic E-state index is 13.0. The normalized spacial score (nSPS) is 20.0. The second-order valence-corrected chi connectivity index (χ2v) is 7.91. The van der Waals surface area contributed by atoms with Crippen molar-refractivity contribution >= 4 is 23.1 Å². The predicted molar refractivity (Wildman–Crippen MR) is 118 cm³/mol. The number of amides is 1. The average molecular weight is 421 g/mol. The van der Waals surface area contributed by atoms with Gasteiger partial charge in [0.15, 0.2) is 0 Å². The quantitative estimate of drug-likeness (QED) is 0.333. The molecular formula is C24H27N3O4. The van der Waals surface area contributed by atoms with Crippen LogP contribution in [-0.2, 0) is 9.59 Å². The van der Waals surface area contributed by atoms with Crippen molar-refractivity contribution in [1.29, 1.82) is 0 Å². The Morgan fingerprint density at radius 2 is 2.06 bits per heavy atom. The first-order valence-electron chi connectivity index (χ1n) is 10.7. The van der Waals surface area contributed by atoms with E-state index in [2.05, 4.69) is 11.9 Å². The number of carbonyl (C=O) groups is 2. The first kappa shape index (κ1) is 20.9. The Morgan fingerprint density at radius 3 is 2.81 bits per heavy atom. The van der Waals surface area contributed by atoms with Crippen LogP contribution in [0.15, 0.2) is 48.2 Å². The zero-order valence-electron chi connectivity index (χ0n) is 17.9. The minimum absolute atomic E-state index is 0.0829. The van der Waals surface area contributed by atoms with Gasteiger partial charge in [-0.2, -0.15) is 0 Å². The fourth-order valence-corrected chi connectivity index (χ4v) is 4.14. The summed E-state index contributed by atoms with van der Waals surface area (Å²) in [5.41, 5.74) is 1.96. The van der Waals surface area contributed by atoms with Crippen molar-refractivity contribution in [1.82, 2.24) is 9.88 Å². The molecule has 1 N–H and O–H groups in total. The molecule has 2 aliphatic rings. The van der Waals surface area contributed by atoms with Crippen LogP contribution < -0.4 is 9.64 Å². The molecule has 0 saturated carbocycles. The molecule has 0 aliphatic carbocycles. The minimum atomic E-state index is -0.705. The molecule has 162 valence electrons. The number of hydrogen-bond acceptors (Lipinski definition) is 6. The summed E-state index contributed by atoms with van der Waals surface area (Å²) in [6.45, 7) is 3.85. The molecule has 3 heterocycles. The number of ether oxygens (including phenoxy) is 1. The molecule has 31 heavy (non-hydrogen) atoms. The van der Waals surface area contributed by atoms with Crippen molar-refractivity contribution in [2.45, 2.75) is 32.2 Å². The summed E-state index contributed by atoms with van der Waals surface area (Å²) < 4.78 is 5.68. The summed E-state index contributed by atoms with van der Waals surface area (Å²) in [6, 6.07) is 9.98. The average Bonchev–Trinajstić information content (AvgIpc) is 3.04. The molecule has 7 heteroatoms. The SMILES string of the molecule is CCCCCN1C(=O)C(=O)/C(=C(\O)c2ccc3c(c2)N(C)CCO3)C1c1ccccn1. The third-order valence-electron chi connectivity index (χ3n) is 5.84. The number of nitrogens with zero attached hydrogens (tertiary/aromatic N) is 3. The maximum absolute atomic E-state index is 13.0. The highest BCUT2D eigenvalue weighted by Crippen LogP contribution is 2.40. The van der Waals surface area contributed by atoms with Crippen LogP contribution in [0.5, 0.6) is 5.75 Å². The number of pyridine rings is 1. The van der Waals surface area contributed by atoms with Gasteiger partial charge >= 0.3 is 0 Å². The van der Waals surface area contributed by atoms with Crippen molar-refractivity contribution in [3.8, 4) is 5.75 Å². The number of benzene rings is 1. The Bertz CT molecular complexity index is 1020. The van der Waals surface area contributed by atoms with E-state index in [-0.39, 0.29) is 11.3 Å². The highest BCUT2D eigenvalue weighted by Gasteiger charge is 2.46. The van der Waals surface area contributed by atoms with Crippen molar-refractivity contribution in [3.63, 3.8) is 0 Å². The molecule has 1 amide bonds. The minimum Gasteiger partial charge on any atom is -0.507 e. The fraction of sp³-hybridized carbons (Fsp3) is 0.375. The van der Waals surface area contributed by atoms with Crippen LogP contribution in [0.1, 0.15) is 43.5 Å². The first-order valence-corrected chi connectivity index (χ1v) is 10.7. The number of carbonyl (C=O) groups excluding carboxylic acids is 2. The third-order valence-corrected chi connectivity index (χ3v) is 5.84. The number of unbranched alkanes of at least 4 members (excludes halogenated alkanes) is 2. The van der Waals surface area contributed by atoms with Gasteiger partial charge < -0.3 is 19.6 Å². The monoisotopic (exact) mass is 421 g/mol. The van der Waals surface area contributed by atoms with Crippen LogP contribution in [0.3, 0.4) is 0 Å². The topological polar surface area (TPSA) is 83.0 Å². The maximum Gasteiger partial charge on any atom is 0.295 e. The lowest BCUT2D eigenvalue weighted by molar-refractivity contribution is -0.140. The van der Waals surface area contributed by atoms with Gasteiger partial charge in [-0.15, -0.1) is 0 Å². The van der Waals surface area contributed by atoms with E-state index in [4.69, 9.17) is 4.74 Å². The van der Waals surface area contributed by atoms with Gasteiger partial charge in [-0.25, -0.2) is 0 Å². The summed E-state index contributed by atoms with van der Waals surface area (Å²) in [5, 5.41) is 11.2. The molecule has 7 nitrogen and oxygen atoms in total. The summed E-state index contributed by atoms with van der Waals surface area (Å²) >= 11 is 0. The van der Waals surface area contributed by atoms with Gasteiger partial charge in [0, 0.05) is 25.4 Å². The number of Topliss-reactive ketones (excluding diaryl/α,β-unsaturated/α-hetero) is 1. The van der Waals surface area contributed by atoms with E-state index < -0.39 is 17.7 Å². The number of aliphatic hydroxyl groups is 1. The summed E-state index contributed by atoms with van der Waals surface area (Å²) in [5.74, 6) is -0.723. The van der Waals surface area contributed by atoms with Crippen LogP contribution in [-0.4, -0.2) is 53.4 Å². The van der Waals surface area contributed by atoms with Gasteiger partial charge in [0.25, 0.3) is 11.7 Å². The molecule has 2 aliphatic heterocycles. The van der Waals surface area contributed by atoms with E-state index in [9.17, 15) is 14.7 Å². The third kappa shape index (κ3) is 3.87. The van der Waals surface area contributed by atoms with Gasteiger partial charge in [-0.05, 0) is 36.8 Å². The molecule has 1 aromatic heterocycles. The number of aromatic nitrogens is 1. The van der Waals surface area contributed by atoms with Crippen LogP contribution in [0, 0.1) is 0 Å².